The zero-order valence-corrected chi connectivity index (χ0v) is 20.1. The molecular formula is C28H35F2N3O2. The molecule has 4 aliphatic rings. The molecule has 188 valence electrons. The molecule has 2 saturated heterocycles. The molecule has 2 N–H and O–H groups in total. The summed E-state index contributed by atoms with van der Waals surface area (Å²) in [6, 6.07) is 8.63. The Balaban J connectivity index is 1.06. The lowest BCUT2D eigenvalue weighted by Crippen LogP contribution is -2.48. The van der Waals surface area contributed by atoms with E-state index in [-0.39, 0.29) is 17.2 Å². The minimum atomic E-state index is -1.66. The third-order valence-electron chi connectivity index (χ3n) is 8.32. The number of para-hydroxylation sites is 1. The molecule has 5 rings (SSSR count). The summed E-state index contributed by atoms with van der Waals surface area (Å²) in [5, 5.41) is 14.5. The van der Waals surface area contributed by atoms with Gasteiger partial charge in [0.25, 0.3) is 0 Å². The maximum atomic E-state index is 13.5. The number of halogens is 2. The third-order valence-corrected chi connectivity index (χ3v) is 8.32. The summed E-state index contributed by atoms with van der Waals surface area (Å²) in [4.78, 5) is 16.7. The molecule has 3 heterocycles. The fraction of sp³-hybridized carbons (Fsp3) is 0.536. The van der Waals surface area contributed by atoms with Gasteiger partial charge in [0, 0.05) is 43.4 Å². The number of β-amino-alcohol motifs (C(OH)–C–C–N with tert-alkyl or cyclic N) is 1. The van der Waals surface area contributed by atoms with Crippen molar-refractivity contribution in [3.63, 3.8) is 0 Å². The fourth-order valence-corrected chi connectivity index (χ4v) is 6.01. The molecule has 1 aromatic rings. The van der Waals surface area contributed by atoms with Crippen LogP contribution in [-0.4, -0.2) is 78.5 Å². The number of amides is 1. The highest BCUT2D eigenvalue weighted by Gasteiger charge is 2.41. The number of carbonyl (C=O) groups is 1. The Morgan fingerprint density at radius 3 is 2.63 bits per heavy atom. The van der Waals surface area contributed by atoms with Crippen LogP contribution in [0.1, 0.15) is 31.2 Å². The van der Waals surface area contributed by atoms with E-state index in [1.807, 2.05) is 0 Å². The number of nitrogens with one attached hydrogen (secondary N) is 1. The van der Waals surface area contributed by atoms with Gasteiger partial charge >= 0.3 is 0 Å². The van der Waals surface area contributed by atoms with Gasteiger partial charge in [-0.15, -0.1) is 0 Å². The summed E-state index contributed by atoms with van der Waals surface area (Å²) in [6.07, 6.45) is 6.91. The zero-order valence-electron chi connectivity index (χ0n) is 20.1. The van der Waals surface area contributed by atoms with Crippen LogP contribution < -0.4 is 5.32 Å². The predicted octanol–water partition coefficient (Wildman–Crippen LogP) is 3.77. The number of anilines is 1. The first-order valence-electron chi connectivity index (χ1n) is 12.8. The first-order valence-corrected chi connectivity index (χ1v) is 12.8. The van der Waals surface area contributed by atoms with Crippen LogP contribution in [0.15, 0.2) is 60.2 Å². The highest BCUT2D eigenvalue weighted by molar-refractivity contribution is 5.88. The standard InChI is InChI=1S/C28H35F2N3O2/c29-23-7-5-20(17-24(23)30)6-8-27(35)33-13-9-21(10-14-33)26(34)18-32-15-11-28(12-16-32)19-31-25-4-2-1-3-22(25)28/h1-8,17,21,23-24,26,31,34H,9-16,18-19H2/b8-6+. The first kappa shape index (κ1) is 24.2. The molecule has 1 spiro atoms. The first-order chi connectivity index (χ1) is 16.9. The molecule has 3 unspecified atom stereocenters. The summed E-state index contributed by atoms with van der Waals surface area (Å²) in [5.41, 5.74) is 3.44. The van der Waals surface area contributed by atoms with Crippen molar-refractivity contribution < 1.29 is 18.7 Å². The van der Waals surface area contributed by atoms with Crippen molar-refractivity contribution in [3.05, 3.63) is 65.8 Å². The smallest absolute Gasteiger partial charge is 0.246 e. The molecule has 35 heavy (non-hydrogen) atoms. The Bertz CT molecular complexity index is 1010. The zero-order chi connectivity index (χ0) is 24.4. The molecule has 1 aromatic carbocycles. The minimum Gasteiger partial charge on any atom is -0.392 e. The summed E-state index contributed by atoms with van der Waals surface area (Å²) in [5.74, 6) is 0.0577. The number of aliphatic hydroxyl groups is 1. The van der Waals surface area contributed by atoms with E-state index >= 15 is 0 Å². The van der Waals surface area contributed by atoms with E-state index in [1.165, 1.54) is 35.6 Å². The molecular weight excluding hydrogens is 448 g/mol. The summed E-state index contributed by atoms with van der Waals surface area (Å²) >= 11 is 0. The second kappa shape index (κ2) is 10.2. The van der Waals surface area contributed by atoms with Crippen LogP contribution in [-0.2, 0) is 10.2 Å². The van der Waals surface area contributed by atoms with E-state index in [0.29, 0.717) is 25.2 Å². The minimum absolute atomic E-state index is 0.128. The summed E-state index contributed by atoms with van der Waals surface area (Å²) in [6.45, 7) is 4.87. The number of allylic oxidation sites excluding steroid dienone is 5. The van der Waals surface area contributed by atoms with Gasteiger partial charge in [-0.1, -0.05) is 24.3 Å². The number of benzene rings is 1. The molecule has 0 saturated carbocycles. The van der Waals surface area contributed by atoms with E-state index in [9.17, 15) is 18.7 Å². The maximum Gasteiger partial charge on any atom is 0.246 e. The Kier molecular flexibility index (Phi) is 7.07. The van der Waals surface area contributed by atoms with Crippen LogP contribution in [0.2, 0.25) is 0 Å². The van der Waals surface area contributed by atoms with Gasteiger partial charge in [0.2, 0.25) is 5.91 Å². The number of alkyl halides is 2. The van der Waals surface area contributed by atoms with Crippen LogP contribution in [0, 0.1) is 5.92 Å². The lowest BCUT2D eigenvalue weighted by Gasteiger charge is -2.41. The maximum absolute atomic E-state index is 13.5. The van der Waals surface area contributed by atoms with E-state index in [2.05, 4.69) is 34.5 Å². The Morgan fingerprint density at radius 2 is 1.89 bits per heavy atom. The van der Waals surface area contributed by atoms with Gasteiger partial charge in [0.05, 0.1) is 6.10 Å². The molecule has 7 heteroatoms. The number of nitrogens with zero attached hydrogens (tertiary/aromatic N) is 2. The van der Waals surface area contributed by atoms with Crippen molar-refractivity contribution in [2.24, 2.45) is 5.92 Å². The average Bonchev–Trinajstić information content (AvgIpc) is 3.24. The van der Waals surface area contributed by atoms with Gasteiger partial charge < -0.3 is 20.2 Å². The summed E-state index contributed by atoms with van der Waals surface area (Å²) < 4.78 is 26.6. The van der Waals surface area contributed by atoms with Crippen molar-refractivity contribution >= 4 is 11.6 Å². The van der Waals surface area contributed by atoms with Crippen molar-refractivity contribution in [2.45, 2.75) is 49.5 Å². The molecule has 0 radical (unpaired) electrons. The molecule has 1 aliphatic carbocycles. The number of carbonyl (C=O) groups excluding carboxylic acids is 1. The largest absolute Gasteiger partial charge is 0.392 e. The average molecular weight is 484 g/mol. The normalized spacial score (nSPS) is 27.6. The van der Waals surface area contributed by atoms with Crippen LogP contribution in [0.5, 0.6) is 0 Å². The Labute approximate surface area is 206 Å². The molecule has 0 aromatic heterocycles. The van der Waals surface area contributed by atoms with Crippen LogP contribution in [0.3, 0.4) is 0 Å². The molecule has 3 aliphatic heterocycles. The van der Waals surface area contributed by atoms with Gasteiger partial charge in [-0.3, -0.25) is 4.79 Å². The number of hydrogen-bond acceptors (Lipinski definition) is 4. The summed E-state index contributed by atoms with van der Waals surface area (Å²) in [7, 11) is 0. The third kappa shape index (κ3) is 5.21. The van der Waals surface area contributed by atoms with Gasteiger partial charge in [-0.05, 0) is 80.1 Å². The predicted molar refractivity (Wildman–Crippen MR) is 134 cm³/mol. The van der Waals surface area contributed by atoms with Crippen LogP contribution in [0.4, 0.5) is 14.5 Å². The van der Waals surface area contributed by atoms with E-state index < -0.39 is 18.4 Å². The van der Waals surface area contributed by atoms with E-state index in [0.717, 1.165) is 45.3 Å². The van der Waals surface area contributed by atoms with Gasteiger partial charge in [0.1, 0.15) is 0 Å². The number of piperidine rings is 2. The Morgan fingerprint density at radius 1 is 1.14 bits per heavy atom. The number of aliphatic hydroxyl groups excluding tert-OH is 1. The topological polar surface area (TPSA) is 55.8 Å². The highest BCUT2D eigenvalue weighted by atomic mass is 19.2. The number of rotatable bonds is 5. The van der Waals surface area contributed by atoms with Crippen molar-refractivity contribution in [2.75, 3.05) is 44.6 Å². The second-order valence-corrected chi connectivity index (χ2v) is 10.5. The van der Waals surface area contributed by atoms with Gasteiger partial charge in [-0.25, -0.2) is 8.78 Å². The second-order valence-electron chi connectivity index (χ2n) is 10.5. The Hall–Kier alpha value is -2.51. The SMILES string of the molecule is O=C(/C=C/C1=CC(F)C(F)C=C1)N1CCC(C(O)CN2CCC3(CC2)CNc2ccccc23)CC1. The van der Waals surface area contributed by atoms with Gasteiger partial charge in [-0.2, -0.15) is 0 Å². The molecule has 2 fully saturated rings. The number of hydrogen-bond donors (Lipinski definition) is 2. The van der Waals surface area contributed by atoms with Crippen LogP contribution in [0.25, 0.3) is 0 Å². The molecule has 0 bridgehead atoms. The van der Waals surface area contributed by atoms with Crippen molar-refractivity contribution in [1.29, 1.82) is 0 Å². The van der Waals surface area contributed by atoms with Crippen molar-refractivity contribution in [3.8, 4) is 0 Å². The highest BCUT2D eigenvalue weighted by Crippen LogP contribution is 2.43. The number of fused-ring (bicyclic) bond motifs is 2. The fourth-order valence-electron chi connectivity index (χ4n) is 6.01. The monoisotopic (exact) mass is 483 g/mol. The van der Waals surface area contributed by atoms with Crippen molar-refractivity contribution in [1.82, 2.24) is 9.80 Å². The molecule has 1 amide bonds. The lowest BCUT2D eigenvalue weighted by molar-refractivity contribution is -0.128. The molecule has 5 nitrogen and oxygen atoms in total. The van der Waals surface area contributed by atoms with Gasteiger partial charge in [0.15, 0.2) is 12.3 Å². The van der Waals surface area contributed by atoms with E-state index in [4.69, 9.17) is 0 Å². The van der Waals surface area contributed by atoms with E-state index in [1.54, 1.807) is 11.0 Å². The van der Waals surface area contributed by atoms with Crippen LogP contribution >= 0.6 is 0 Å². The molecule has 3 atom stereocenters. The number of likely N-dealkylation sites (tertiary alicyclic amines) is 2. The lowest BCUT2D eigenvalue weighted by atomic mass is 9.74. The quantitative estimate of drug-likeness (QED) is 0.626.